The summed E-state index contributed by atoms with van der Waals surface area (Å²) in [4.78, 5) is 4.60. The van der Waals surface area contributed by atoms with Gasteiger partial charge in [0.2, 0.25) is 0 Å². The highest BCUT2D eigenvalue weighted by molar-refractivity contribution is 7.21. The molecule has 5 nitrogen and oxygen atoms in total. The Labute approximate surface area is 373 Å². The molecule has 304 valence electrons. The first kappa shape index (κ1) is 36.1. The third-order valence-electron chi connectivity index (χ3n) is 13.8. The highest BCUT2D eigenvalue weighted by atomic mass is 28.3. The van der Waals surface area contributed by atoms with Gasteiger partial charge in [-0.2, -0.15) is 0 Å². The molecule has 0 unspecified atom stereocenters. The molecule has 0 N–H and O–H groups in total. The average molecular weight is 848 g/mol. The maximum Gasteiger partial charge on any atom is 0.188 e. The van der Waals surface area contributed by atoms with Crippen LogP contribution in [-0.2, 0) is 0 Å². The van der Waals surface area contributed by atoms with Crippen LogP contribution < -0.4 is 20.7 Å². The van der Waals surface area contributed by atoms with Crippen LogP contribution in [0.3, 0.4) is 0 Å². The van der Waals surface area contributed by atoms with Crippen molar-refractivity contribution in [2.75, 3.05) is 0 Å². The van der Waals surface area contributed by atoms with Crippen molar-refractivity contribution in [1.82, 2.24) is 14.1 Å². The van der Waals surface area contributed by atoms with E-state index in [-0.39, 0.29) is 0 Å². The van der Waals surface area contributed by atoms with Gasteiger partial charge in [-0.25, -0.2) is 0 Å². The summed E-state index contributed by atoms with van der Waals surface area (Å²) in [7, 11) is -3.31. The number of pyridine rings is 1. The Morgan fingerprint density at radius 3 is 1.15 bits per heavy atom. The number of para-hydroxylation sites is 7. The predicted octanol–water partition coefficient (Wildman–Crippen LogP) is 12.5. The molecule has 14 rings (SSSR count). The molecule has 0 aliphatic carbocycles. The van der Waals surface area contributed by atoms with Gasteiger partial charge in [0.1, 0.15) is 11.2 Å². The molecule has 65 heavy (non-hydrogen) atoms. The summed E-state index contributed by atoms with van der Waals surface area (Å²) in [6.45, 7) is 0. The molecule has 5 heterocycles. The molecule has 0 radical (unpaired) electrons. The molecule has 0 spiro atoms. The Morgan fingerprint density at radius 2 is 0.677 bits per heavy atom. The number of aromatic nitrogens is 3. The molecule has 0 saturated carbocycles. The van der Waals surface area contributed by atoms with Gasteiger partial charge in [-0.05, 0) is 57.1 Å². The van der Waals surface area contributed by atoms with Crippen molar-refractivity contribution < 1.29 is 8.83 Å². The Bertz CT molecular complexity index is 3820. The third kappa shape index (κ3) is 4.94. The highest BCUT2D eigenvalue weighted by Crippen LogP contribution is 2.40. The van der Waals surface area contributed by atoms with Gasteiger partial charge < -0.3 is 18.0 Å². The normalized spacial score (nSPS) is 12.3. The monoisotopic (exact) mass is 847 g/mol. The second-order valence-electron chi connectivity index (χ2n) is 17.0. The highest BCUT2D eigenvalue weighted by Gasteiger charge is 2.46. The van der Waals surface area contributed by atoms with Gasteiger partial charge in [0.25, 0.3) is 0 Å². The van der Waals surface area contributed by atoms with E-state index in [0.717, 1.165) is 87.9 Å². The zero-order chi connectivity index (χ0) is 42.6. The van der Waals surface area contributed by atoms with Crippen molar-refractivity contribution >= 4 is 116 Å². The largest absolute Gasteiger partial charge is 0.454 e. The fraction of sp³-hybridized carbons (Fsp3) is 0. The van der Waals surface area contributed by atoms with E-state index in [0.29, 0.717) is 0 Å². The summed E-state index contributed by atoms with van der Waals surface area (Å²) in [5.41, 5.74) is 9.90. The number of furan rings is 2. The topological polar surface area (TPSA) is 49.0 Å². The van der Waals surface area contributed by atoms with Gasteiger partial charge in [0, 0.05) is 49.3 Å². The van der Waals surface area contributed by atoms with Crippen LogP contribution in [-0.4, -0.2) is 22.2 Å². The van der Waals surface area contributed by atoms with E-state index < -0.39 is 8.07 Å². The van der Waals surface area contributed by atoms with Crippen molar-refractivity contribution in [3.63, 3.8) is 0 Å². The molecular weight excluding hydrogens is 811 g/mol. The number of nitrogens with zero attached hydrogens (tertiary/aromatic N) is 3. The van der Waals surface area contributed by atoms with E-state index in [2.05, 4.69) is 226 Å². The molecule has 0 aliphatic heterocycles. The van der Waals surface area contributed by atoms with Crippen molar-refractivity contribution in [2.45, 2.75) is 0 Å². The number of rotatable bonds is 6. The summed E-state index contributed by atoms with van der Waals surface area (Å²) in [6, 6.07) is 76.8. The van der Waals surface area contributed by atoms with Gasteiger partial charge in [0.05, 0.1) is 39.6 Å². The molecule has 0 atom stereocenters. The minimum atomic E-state index is -3.31. The van der Waals surface area contributed by atoms with Crippen LogP contribution in [0.2, 0.25) is 0 Å². The standard InChI is InChI=1S/C59H37N3O2Si/c1-3-17-38(18-4-1)65(39-19-5-2-6-20-39,54-33-15-26-46-44-24-13-31-51(56(44)63-58(46)54)61-48-28-10-7-21-40(48)41-22-8-11-29-49(41)61)55-34-16-27-47-45-25-14-32-52(57(45)64-59(47)55)62-50-30-12-9-23-42(50)43-35-36-60-37-53(43)62/h1-37H. The van der Waals surface area contributed by atoms with Gasteiger partial charge >= 0.3 is 0 Å². The first-order valence-electron chi connectivity index (χ1n) is 22.1. The summed E-state index contributed by atoms with van der Waals surface area (Å²) in [5.74, 6) is 0. The van der Waals surface area contributed by atoms with Crippen molar-refractivity contribution in [1.29, 1.82) is 0 Å². The van der Waals surface area contributed by atoms with Crippen molar-refractivity contribution in [3.05, 3.63) is 225 Å². The van der Waals surface area contributed by atoms with Crippen LogP contribution in [0.25, 0.3) is 98.9 Å². The predicted molar refractivity (Wildman–Crippen MR) is 271 cm³/mol. The Balaban J connectivity index is 1.10. The molecule has 9 aromatic carbocycles. The molecule has 6 heteroatoms. The molecule has 0 amide bonds. The van der Waals surface area contributed by atoms with E-state index in [1.54, 1.807) is 0 Å². The second-order valence-corrected chi connectivity index (χ2v) is 20.7. The summed E-state index contributed by atoms with van der Waals surface area (Å²) in [5, 5.41) is 13.9. The quantitative estimate of drug-likeness (QED) is 0.124. The lowest BCUT2D eigenvalue weighted by molar-refractivity contribution is 0.668. The molecule has 0 aliphatic rings. The molecule has 5 aromatic heterocycles. The maximum atomic E-state index is 7.50. The lowest BCUT2D eigenvalue weighted by Gasteiger charge is -2.34. The van der Waals surface area contributed by atoms with E-state index in [1.165, 1.54) is 31.7 Å². The summed E-state index contributed by atoms with van der Waals surface area (Å²) < 4.78 is 19.7. The van der Waals surface area contributed by atoms with E-state index in [4.69, 9.17) is 8.83 Å². The van der Waals surface area contributed by atoms with Crippen LogP contribution in [0.15, 0.2) is 234 Å². The van der Waals surface area contributed by atoms with Crippen LogP contribution in [0.1, 0.15) is 0 Å². The van der Waals surface area contributed by atoms with Crippen LogP contribution >= 0.6 is 0 Å². The molecule has 0 fully saturated rings. The number of hydrogen-bond acceptors (Lipinski definition) is 3. The minimum absolute atomic E-state index is 0.836. The summed E-state index contributed by atoms with van der Waals surface area (Å²) >= 11 is 0. The zero-order valence-corrected chi connectivity index (χ0v) is 36.0. The van der Waals surface area contributed by atoms with E-state index in [9.17, 15) is 0 Å². The first-order valence-corrected chi connectivity index (χ1v) is 24.1. The number of benzene rings is 9. The minimum Gasteiger partial charge on any atom is -0.454 e. The average Bonchev–Trinajstić information content (AvgIpc) is 4.14. The van der Waals surface area contributed by atoms with Gasteiger partial charge in [-0.3, -0.25) is 4.98 Å². The van der Waals surface area contributed by atoms with Gasteiger partial charge in [-0.15, -0.1) is 0 Å². The third-order valence-corrected chi connectivity index (χ3v) is 18.6. The van der Waals surface area contributed by atoms with Gasteiger partial charge in [-0.1, -0.05) is 176 Å². The van der Waals surface area contributed by atoms with Crippen LogP contribution in [0.5, 0.6) is 0 Å². The van der Waals surface area contributed by atoms with Gasteiger partial charge in [0.15, 0.2) is 19.2 Å². The second kappa shape index (κ2) is 13.8. The Morgan fingerprint density at radius 1 is 0.308 bits per heavy atom. The smallest absolute Gasteiger partial charge is 0.188 e. The number of hydrogen-bond donors (Lipinski definition) is 0. The number of fused-ring (bicyclic) bond motifs is 12. The van der Waals surface area contributed by atoms with Crippen molar-refractivity contribution in [2.24, 2.45) is 0 Å². The van der Waals surface area contributed by atoms with E-state index >= 15 is 0 Å². The fourth-order valence-corrected chi connectivity index (χ4v) is 16.1. The maximum absolute atomic E-state index is 7.50. The SMILES string of the molecule is c1ccc([Si](c2ccccc2)(c2cccc3c2oc2c(-n4c5ccccc5c5ccccc54)cccc23)c2cccc3c2oc2c(-n4c5ccccc5c5ccncc54)cccc23)cc1. The fourth-order valence-electron chi connectivity index (χ4n) is 11.1. The van der Waals surface area contributed by atoms with Crippen LogP contribution in [0, 0.1) is 0 Å². The Hall–Kier alpha value is -8.45. The molecule has 14 aromatic rings. The molecular formula is C59H37N3O2Si. The zero-order valence-electron chi connectivity index (χ0n) is 35.0. The first-order chi connectivity index (χ1) is 32.3. The summed E-state index contributed by atoms with van der Waals surface area (Å²) in [6.07, 6.45) is 3.84. The van der Waals surface area contributed by atoms with Crippen molar-refractivity contribution in [3.8, 4) is 11.4 Å². The molecule has 0 saturated heterocycles. The van der Waals surface area contributed by atoms with E-state index in [1.807, 2.05) is 12.4 Å². The lowest BCUT2D eigenvalue weighted by atomic mass is 10.1. The van der Waals surface area contributed by atoms with Crippen LogP contribution in [0.4, 0.5) is 0 Å². The molecule has 0 bridgehead atoms. The lowest BCUT2D eigenvalue weighted by Crippen LogP contribution is -2.75. The Kier molecular flexibility index (Phi) is 7.64.